The van der Waals surface area contributed by atoms with E-state index in [0.717, 1.165) is 25.2 Å². The van der Waals surface area contributed by atoms with Crippen molar-refractivity contribution in [3.63, 3.8) is 0 Å². The van der Waals surface area contributed by atoms with Gasteiger partial charge in [-0.05, 0) is 31.0 Å². The van der Waals surface area contributed by atoms with Crippen molar-refractivity contribution in [3.05, 3.63) is 53.3 Å². The number of amides is 1. The first-order chi connectivity index (χ1) is 13.6. The zero-order valence-electron chi connectivity index (χ0n) is 14.8. The molecule has 2 aromatic heterocycles. The summed E-state index contributed by atoms with van der Waals surface area (Å²) < 4.78 is 1.57. The van der Waals surface area contributed by atoms with E-state index in [1.807, 2.05) is 6.07 Å². The second kappa shape index (κ2) is 8.12. The van der Waals surface area contributed by atoms with Crippen molar-refractivity contribution >= 4 is 40.6 Å². The summed E-state index contributed by atoms with van der Waals surface area (Å²) in [5.74, 6) is 1.18. The van der Waals surface area contributed by atoms with Crippen molar-refractivity contribution in [1.82, 2.24) is 24.7 Å². The number of halogens is 2. The van der Waals surface area contributed by atoms with Gasteiger partial charge in [-0.15, -0.1) is 0 Å². The van der Waals surface area contributed by atoms with Crippen LogP contribution in [-0.2, 0) is 4.79 Å². The Bertz CT molecular complexity index is 980. The molecular formula is C18H17Cl2N7O. The highest BCUT2D eigenvalue weighted by atomic mass is 35.5. The number of nitrogens with one attached hydrogen (secondary N) is 1. The molecule has 3 heterocycles. The predicted molar refractivity (Wildman–Crippen MR) is 107 cm³/mol. The smallest absolute Gasteiger partial charge is 0.229 e. The normalized spacial score (nSPS) is 16.8. The molecule has 144 valence electrons. The van der Waals surface area contributed by atoms with Gasteiger partial charge in [-0.1, -0.05) is 23.2 Å². The van der Waals surface area contributed by atoms with Crippen molar-refractivity contribution in [2.45, 2.75) is 12.8 Å². The SMILES string of the molecule is O=C(Nc1ccc(Cl)c(Cl)c1)C1CCCN(c2cc(-n3cncn3)ncn2)C1. The van der Waals surface area contributed by atoms with Crippen molar-refractivity contribution in [2.75, 3.05) is 23.3 Å². The summed E-state index contributed by atoms with van der Waals surface area (Å²) in [6, 6.07) is 6.89. The minimum absolute atomic E-state index is 0.0476. The average Bonchev–Trinajstić information content (AvgIpc) is 3.26. The molecule has 1 fully saturated rings. The Morgan fingerprint density at radius 2 is 1.96 bits per heavy atom. The molecule has 1 atom stereocenters. The van der Waals surface area contributed by atoms with Gasteiger partial charge in [0.15, 0.2) is 5.82 Å². The minimum atomic E-state index is -0.159. The van der Waals surface area contributed by atoms with Gasteiger partial charge in [-0.2, -0.15) is 5.10 Å². The fourth-order valence-electron chi connectivity index (χ4n) is 3.18. The summed E-state index contributed by atoms with van der Waals surface area (Å²) in [6.07, 6.45) is 6.22. The highest BCUT2D eigenvalue weighted by Gasteiger charge is 2.27. The van der Waals surface area contributed by atoms with Gasteiger partial charge in [0.2, 0.25) is 5.91 Å². The van der Waals surface area contributed by atoms with E-state index in [1.54, 1.807) is 29.2 Å². The number of carbonyl (C=O) groups excluding carboxylic acids is 1. The molecule has 28 heavy (non-hydrogen) atoms. The average molecular weight is 418 g/mol. The molecule has 1 unspecified atom stereocenters. The van der Waals surface area contributed by atoms with E-state index in [2.05, 4.69) is 30.3 Å². The minimum Gasteiger partial charge on any atom is -0.356 e. The van der Waals surface area contributed by atoms with Crippen LogP contribution in [-0.4, -0.2) is 43.7 Å². The lowest BCUT2D eigenvalue weighted by molar-refractivity contribution is -0.120. The number of carbonyl (C=O) groups is 1. The van der Waals surface area contributed by atoms with Crippen molar-refractivity contribution in [1.29, 1.82) is 0 Å². The van der Waals surface area contributed by atoms with Crippen LogP contribution in [0.2, 0.25) is 10.0 Å². The van der Waals surface area contributed by atoms with Crippen molar-refractivity contribution < 1.29 is 4.79 Å². The number of aromatic nitrogens is 5. The molecule has 1 aliphatic heterocycles. The molecule has 0 radical (unpaired) electrons. The van der Waals surface area contributed by atoms with Gasteiger partial charge in [0.1, 0.15) is 24.8 Å². The van der Waals surface area contributed by atoms with E-state index in [-0.39, 0.29) is 11.8 Å². The van der Waals surface area contributed by atoms with Crippen LogP contribution in [0.5, 0.6) is 0 Å². The molecule has 3 aromatic rings. The number of hydrogen-bond donors (Lipinski definition) is 1. The second-order valence-electron chi connectivity index (χ2n) is 6.48. The van der Waals surface area contributed by atoms with E-state index in [4.69, 9.17) is 23.2 Å². The maximum absolute atomic E-state index is 12.7. The van der Waals surface area contributed by atoms with Crippen LogP contribution in [0.25, 0.3) is 5.82 Å². The van der Waals surface area contributed by atoms with Crippen molar-refractivity contribution in [2.24, 2.45) is 5.92 Å². The summed E-state index contributed by atoms with van der Waals surface area (Å²) in [7, 11) is 0. The van der Waals surface area contributed by atoms with E-state index < -0.39 is 0 Å². The quantitative estimate of drug-likeness (QED) is 0.700. The van der Waals surface area contributed by atoms with E-state index in [1.165, 1.54) is 12.7 Å². The standard InChI is InChI=1S/C18H17Cl2N7O/c19-14-4-3-13(6-15(14)20)25-18(28)12-2-1-5-26(8-12)16-7-17(23-10-22-16)27-11-21-9-24-27/h3-4,6-7,9-12H,1-2,5,8H2,(H,25,28). The Balaban J connectivity index is 1.46. The summed E-state index contributed by atoms with van der Waals surface area (Å²) in [5, 5.41) is 7.87. The fourth-order valence-corrected chi connectivity index (χ4v) is 3.48. The second-order valence-corrected chi connectivity index (χ2v) is 7.29. The number of hydrogen-bond acceptors (Lipinski definition) is 6. The number of piperidine rings is 1. The lowest BCUT2D eigenvalue weighted by atomic mass is 9.97. The van der Waals surface area contributed by atoms with Gasteiger partial charge < -0.3 is 10.2 Å². The lowest BCUT2D eigenvalue weighted by Crippen LogP contribution is -2.41. The molecule has 1 amide bonds. The number of benzene rings is 1. The van der Waals surface area contributed by atoms with E-state index >= 15 is 0 Å². The Morgan fingerprint density at radius 1 is 1.11 bits per heavy atom. The summed E-state index contributed by atoms with van der Waals surface area (Å²) in [4.78, 5) is 27.3. The summed E-state index contributed by atoms with van der Waals surface area (Å²) in [5.41, 5.74) is 0.632. The first kappa shape index (κ1) is 18.6. The molecule has 8 nitrogen and oxygen atoms in total. The molecule has 0 bridgehead atoms. The third-order valence-electron chi connectivity index (χ3n) is 4.60. The third-order valence-corrected chi connectivity index (χ3v) is 5.33. The van der Waals surface area contributed by atoms with Crippen LogP contribution in [0.15, 0.2) is 43.2 Å². The zero-order valence-corrected chi connectivity index (χ0v) is 16.3. The maximum atomic E-state index is 12.7. The Labute approximate surface area is 171 Å². The van der Waals surface area contributed by atoms with Gasteiger partial charge in [0, 0.05) is 24.8 Å². The molecule has 1 aliphatic rings. The number of rotatable bonds is 4. The highest BCUT2D eigenvalue weighted by molar-refractivity contribution is 6.42. The largest absolute Gasteiger partial charge is 0.356 e. The molecule has 0 aliphatic carbocycles. The van der Waals surface area contributed by atoms with E-state index in [0.29, 0.717) is 28.1 Å². The van der Waals surface area contributed by atoms with Crippen LogP contribution < -0.4 is 10.2 Å². The Hall–Kier alpha value is -2.71. The van der Waals surface area contributed by atoms with Gasteiger partial charge in [-0.25, -0.2) is 19.6 Å². The molecule has 1 N–H and O–H groups in total. The highest BCUT2D eigenvalue weighted by Crippen LogP contribution is 2.27. The van der Waals surface area contributed by atoms with Gasteiger partial charge in [0.25, 0.3) is 0 Å². The van der Waals surface area contributed by atoms with Gasteiger partial charge >= 0.3 is 0 Å². The summed E-state index contributed by atoms with van der Waals surface area (Å²) in [6.45, 7) is 1.39. The molecular weight excluding hydrogens is 401 g/mol. The Morgan fingerprint density at radius 3 is 2.75 bits per heavy atom. The van der Waals surface area contributed by atoms with Crippen molar-refractivity contribution in [3.8, 4) is 5.82 Å². The first-order valence-corrected chi connectivity index (χ1v) is 9.53. The first-order valence-electron chi connectivity index (χ1n) is 8.78. The maximum Gasteiger partial charge on any atom is 0.229 e. The number of anilines is 2. The molecule has 0 saturated carbocycles. The lowest BCUT2D eigenvalue weighted by Gasteiger charge is -2.32. The summed E-state index contributed by atoms with van der Waals surface area (Å²) >= 11 is 12.0. The Kier molecular flexibility index (Phi) is 5.40. The van der Waals surface area contributed by atoms with Crippen LogP contribution in [0.4, 0.5) is 11.5 Å². The van der Waals surface area contributed by atoms with Crippen LogP contribution in [0.3, 0.4) is 0 Å². The molecule has 10 heteroatoms. The van der Waals surface area contributed by atoms with Crippen LogP contribution in [0, 0.1) is 5.92 Å². The molecule has 0 spiro atoms. The third kappa shape index (κ3) is 4.07. The van der Waals surface area contributed by atoms with Crippen LogP contribution in [0.1, 0.15) is 12.8 Å². The fraction of sp³-hybridized carbons (Fsp3) is 0.278. The monoisotopic (exact) mass is 417 g/mol. The molecule has 1 aromatic carbocycles. The molecule has 1 saturated heterocycles. The van der Waals surface area contributed by atoms with Gasteiger partial charge in [0.05, 0.1) is 16.0 Å². The van der Waals surface area contributed by atoms with Gasteiger partial charge in [-0.3, -0.25) is 4.79 Å². The zero-order chi connectivity index (χ0) is 19.5. The van der Waals surface area contributed by atoms with Crippen LogP contribution >= 0.6 is 23.2 Å². The molecule has 4 rings (SSSR count). The van der Waals surface area contributed by atoms with E-state index in [9.17, 15) is 4.79 Å². The predicted octanol–water partition coefficient (Wildman–Crippen LogP) is 3.22. The topological polar surface area (TPSA) is 88.8 Å². The number of nitrogens with zero attached hydrogens (tertiary/aromatic N) is 6.